The van der Waals surface area contributed by atoms with Crippen molar-refractivity contribution in [2.45, 2.75) is 73.8 Å². The average molecular weight is 536 g/mol. The van der Waals surface area contributed by atoms with Crippen molar-refractivity contribution in [1.82, 2.24) is 5.32 Å². The minimum Gasteiger partial charge on any atom is -0.489 e. The summed E-state index contributed by atoms with van der Waals surface area (Å²) in [6.07, 6.45) is 5.56. The fourth-order valence-electron chi connectivity index (χ4n) is 4.98. The first-order valence-corrected chi connectivity index (χ1v) is 13.8. The number of carbonyl (C=O) groups is 2. The van der Waals surface area contributed by atoms with Crippen molar-refractivity contribution in [3.05, 3.63) is 67.6 Å². The summed E-state index contributed by atoms with van der Waals surface area (Å²) in [6.45, 7) is 17.5. The molecular weight excluding hydrogens is 498 g/mol. The van der Waals surface area contributed by atoms with Crippen LogP contribution in [0.3, 0.4) is 0 Å². The highest BCUT2D eigenvalue weighted by Gasteiger charge is 2.36. The van der Waals surface area contributed by atoms with Crippen LogP contribution >= 0.6 is 11.8 Å². The Morgan fingerprint density at radius 1 is 1.03 bits per heavy atom. The van der Waals surface area contributed by atoms with Crippen LogP contribution < -0.4 is 19.5 Å². The number of amides is 2. The predicted octanol–water partition coefficient (Wildman–Crippen LogP) is 7.06. The van der Waals surface area contributed by atoms with Crippen molar-refractivity contribution in [3.8, 4) is 17.2 Å². The highest BCUT2D eigenvalue weighted by atomic mass is 32.2. The van der Waals surface area contributed by atoms with E-state index in [9.17, 15) is 9.59 Å². The number of allylic oxidation sites excluding steroid dienone is 1. The lowest BCUT2D eigenvalue weighted by Crippen LogP contribution is -2.42. The van der Waals surface area contributed by atoms with Crippen LogP contribution in [-0.4, -0.2) is 30.0 Å². The second kappa shape index (κ2) is 10.9. The molecule has 2 aliphatic rings. The van der Waals surface area contributed by atoms with Gasteiger partial charge in [0.1, 0.15) is 36.1 Å². The molecule has 1 saturated heterocycles. The van der Waals surface area contributed by atoms with E-state index in [1.54, 1.807) is 6.08 Å². The summed E-state index contributed by atoms with van der Waals surface area (Å²) in [5.41, 5.74) is 8.15. The summed E-state index contributed by atoms with van der Waals surface area (Å²) in [4.78, 5) is 23.8. The van der Waals surface area contributed by atoms with Gasteiger partial charge in [-0.2, -0.15) is 0 Å². The molecule has 2 aromatic carbocycles. The number of aryl methyl sites for hydroxylation is 2. The third-order valence-corrected chi connectivity index (χ3v) is 8.04. The van der Waals surface area contributed by atoms with E-state index in [2.05, 4.69) is 52.9 Å². The minimum atomic E-state index is -0.473. The van der Waals surface area contributed by atoms with E-state index in [0.29, 0.717) is 18.1 Å². The first-order chi connectivity index (χ1) is 17.9. The normalized spacial score (nSPS) is 19.6. The molecule has 6 nitrogen and oxygen atoms in total. The first-order valence-electron chi connectivity index (χ1n) is 12.9. The molecule has 2 aromatic rings. The number of carbonyl (C=O) groups excluding carboxylic acids is 2. The van der Waals surface area contributed by atoms with E-state index in [4.69, 9.17) is 14.2 Å². The van der Waals surface area contributed by atoms with Gasteiger partial charge in [-0.1, -0.05) is 5.57 Å². The molecule has 0 bridgehead atoms. The maximum absolute atomic E-state index is 11.9. The molecule has 0 aromatic heterocycles. The Balaban J connectivity index is 1.51. The van der Waals surface area contributed by atoms with E-state index in [-0.39, 0.29) is 11.1 Å². The molecule has 1 N–H and O–H groups in total. The lowest BCUT2D eigenvalue weighted by molar-refractivity contribution is -0.115. The molecule has 0 aliphatic carbocycles. The third-order valence-electron chi connectivity index (χ3n) is 7.23. The molecule has 1 atom stereocenters. The smallest absolute Gasteiger partial charge is 0.290 e. The largest absolute Gasteiger partial charge is 0.489 e. The van der Waals surface area contributed by atoms with Crippen molar-refractivity contribution >= 4 is 29.0 Å². The number of benzene rings is 2. The fraction of sp³-hybridized carbons (Fsp3) is 0.419. The van der Waals surface area contributed by atoms with Crippen LogP contribution in [0, 0.1) is 34.6 Å². The van der Waals surface area contributed by atoms with Gasteiger partial charge in [0.15, 0.2) is 0 Å². The number of rotatable bonds is 7. The van der Waals surface area contributed by atoms with Gasteiger partial charge in [-0.3, -0.25) is 14.9 Å². The highest BCUT2D eigenvalue weighted by molar-refractivity contribution is 8.18. The maximum atomic E-state index is 11.9. The summed E-state index contributed by atoms with van der Waals surface area (Å²) in [6, 6.07) is 3.94. The van der Waals surface area contributed by atoms with Gasteiger partial charge in [-0.25, -0.2) is 0 Å². The molecule has 1 fully saturated rings. The Morgan fingerprint density at radius 3 is 2.32 bits per heavy atom. The molecule has 202 valence electrons. The molecule has 2 amide bonds. The topological polar surface area (TPSA) is 73.9 Å². The van der Waals surface area contributed by atoms with E-state index in [0.717, 1.165) is 75.2 Å². The van der Waals surface area contributed by atoms with Gasteiger partial charge in [0.25, 0.3) is 11.1 Å². The molecule has 0 spiro atoms. The average Bonchev–Trinajstić information content (AvgIpc) is 3.15. The lowest BCUT2D eigenvalue weighted by atomic mass is 9.87. The Bertz CT molecular complexity index is 1350. The predicted molar refractivity (Wildman–Crippen MR) is 153 cm³/mol. The van der Waals surface area contributed by atoms with Crippen LogP contribution in [0.25, 0.3) is 6.08 Å². The standard InChI is InChI=1S/C31H37NO5S/c1-17(2)10-12-35-27-20(5)21(6)28-24(22(27)7)9-11-31(8,37-28)16-36-26-18(3)13-23(14-19(26)4)15-25-29(33)32-30(34)38-25/h10,13-15H,9,11-12,16H2,1-8H3,(H,32,33,34). The Morgan fingerprint density at radius 2 is 1.71 bits per heavy atom. The van der Waals surface area contributed by atoms with E-state index < -0.39 is 5.60 Å². The zero-order chi connectivity index (χ0) is 27.8. The number of hydrogen-bond donors (Lipinski definition) is 1. The summed E-state index contributed by atoms with van der Waals surface area (Å²) in [7, 11) is 0. The minimum absolute atomic E-state index is 0.343. The number of nitrogens with one attached hydrogen (secondary N) is 1. The van der Waals surface area contributed by atoms with Gasteiger partial charge in [-0.15, -0.1) is 0 Å². The van der Waals surface area contributed by atoms with Gasteiger partial charge in [0, 0.05) is 5.56 Å². The van der Waals surface area contributed by atoms with Crippen molar-refractivity contribution in [1.29, 1.82) is 0 Å². The molecule has 4 rings (SSSR count). The van der Waals surface area contributed by atoms with Gasteiger partial charge in [0.2, 0.25) is 0 Å². The highest BCUT2D eigenvalue weighted by Crippen LogP contribution is 2.44. The molecule has 2 heterocycles. The number of hydrogen-bond acceptors (Lipinski definition) is 6. The quantitative estimate of drug-likeness (QED) is 0.302. The number of fused-ring (bicyclic) bond motifs is 1. The molecule has 2 aliphatic heterocycles. The Kier molecular flexibility index (Phi) is 7.98. The van der Waals surface area contributed by atoms with Crippen LogP contribution in [0.4, 0.5) is 4.79 Å². The maximum Gasteiger partial charge on any atom is 0.290 e. The van der Waals surface area contributed by atoms with Crippen LogP contribution in [0.5, 0.6) is 17.2 Å². The van der Waals surface area contributed by atoms with Gasteiger partial charge in [-0.05, 0) is 138 Å². The van der Waals surface area contributed by atoms with E-state index >= 15 is 0 Å². The lowest BCUT2D eigenvalue weighted by Gasteiger charge is -2.38. The number of thioether (sulfide) groups is 1. The van der Waals surface area contributed by atoms with Crippen molar-refractivity contribution in [3.63, 3.8) is 0 Å². The Hall–Kier alpha value is -3.19. The summed E-state index contributed by atoms with van der Waals surface area (Å²) < 4.78 is 19.2. The second-order valence-corrected chi connectivity index (χ2v) is 11.8. The van der Waals surface area contributed by atoms with Gasteiger partial charge >= 0.3 is 0 Å². The summed E-state index contributed by atoms with van der Waals surface area (Å²) >= 11 is 0.919. The number of ether oxygens (including phenoxy) is 3. The SMILES string of the molecule is CC(C)=CCOc1c(C)c(C)c2c(c1C)CCC(C)(COc1c(C)cc(C=C3SC(=O)NC3=O)cc1C)O2. The summed E-state index contributed by atoms with van der Waals surface area (Å²) in [5, 5.41) is 1.95. The van der Waals surface area contributed by atoms with Crippen molar-refractivity contribution in [2.75, 3.05) is 13.2 Å². The number of imide groups is 1. The Labute approximate surface area is 229 Å². The van der Waals surface area contributed by atoms with Crippen molar-refractivity contribution < 1.29 is 23.8 Å². The zero-order valence-electron chi connectivity index (χ0n) is 23.6. The summed E-state index contributed by atoms with van der Waals surface area (Å²) in [5.74, 6) is 2.37. The van der Waals surface area contributed by atoms with Crippen LogP contribution in [0.2, 0.25) is 0 Å². The first kappa shape index (κ1) is 27.8. The molecule has 38 heavy (non-hydrogen) atoms. The van der Waals surface area contributed by atoms with Crippen LogP contribution in [-0.2, 0) is 11.2 Å². The molecular formula is C31H37NO5S. The molecule has 7 heteroatoms. The second-order valence-electron chi connectivity index (χ2n) is 10.8. The molecule has 1 unspecified atom stereocenters. The van der Waals surface area contributed by atoms with Crippen LogP contribution in [0.15, 0.2) is 28.7 Å². The monoisotopic (exact) mass is 535 g/mol. The van der Waals surface area contributed by atoms with Crippen molar-refractivity contribution in [2.24, 2.45) is 0 Å². The van der Waals surface area contributed by atoms with Gasteiger partial charge < -0.3 is 14.2 Å². The van der Waals surface area contributed by atoms with Crippen LogP contribution in [0.1, 0.15) is 66.1 Å². The fourth-order valence-corrected chi connectivity index (χ4v) is 5.67. The van der Waals surface area contributed by atoms with Gasteiger partial charge in [0.05, 0.1) is 4.91 Å². The molecule has 0 saturated carbocycles. The zero-order valence-corrected chi connectivity index (χ0v) is 24.4. The van der Waals surface area contributed by atoms with E-state index in [1.165, 1.54) is 11.1 Å². The third kappa shape index (κ3) is 5.78. The van der Waals surface area contributed by atoms with E-state index in [1.807, 2.05) is 26.0 Å². The molecule has 0 radical (unpaired) electrons.